The molecular formula is C34H35Cl2F3N4O. The summed E-state index contributed by atoms with van der Waals surface area (Å²) in [5.41, 5.74) is 4.30. The van der Waals surface area contributed by atoms with Gasteiger partial charge in [0.15, 0.2) is 11.6 Å². The molecule has 3 aliphatic rings. The fourth-order valence-electron chi connectivity index (χ4n) is 6.29. The summed E-state index contributed by atoms with van der Waals surface area (Å²) in [5, 5.41) is 8.07. The summed E-state index contributed by atoms with van der Waals surface area (Å²) in [6.45, 7) is 4.68. The minimum atomic E-state index is -1.15. The number of piperazine rings is 1. The first-order chi connectivity index (χ1) is 21.2. The quantitative estimate of drug-likeness (QED) is 0.241. The van der Waals surface area contributed by atoms with Crippen LogP contribution in [0, 0.1) is 17.5 Å². The number of fused-ring (bicyclic) bond motifs is 2. The highest BCUT2D eigenvalue weighted by Gasteiger charge is 2.41. The van der Waals surface area contributed by atoms with Crippen LogP contribution in [0.1, 0.15) is 48.4 Å². The van der Waals surface area contributed by atoms with Crippen LogP contribution in [0.3, 0.4) is 0 Å². The smallest absolute Gasteiger partial charge is 0.252 e. The second kappa shape index (κ2) is 13.2. The molecule has 1 saturated carbocycles. The molecule has 2 bridgehead atoms. The molecule has 232 valence electrons. The SMILES string of the molecule is CCN(Cc1ccc(C2=C(C(=O)N(Cc3cccc(Cl)c3Cl)C3CC3)[C@H]3CNC[C@H](C2)N3)cc1)Cc1c(F)ccc(F)c1F. The van der Waals surface area contributed by atoms with Crippen molar-refractivity contribution in [3.05, 3.63) is 110 Å². The van der Waals surface area contributed by atoms with Crippen LogP contribution in [0.25, 0.3) is 5.57 Å². The molecule has 2 aliphatic heterocycles. The average Bonchev–Trinajstić information content (AvgIpc) is 3.87. The molecule has 2 heterocycles. The van der Waals surface area contributed by atoms with Gasteiger partial charge in [0.2, 0.25) is 0 Å². The maximum Gasteiger partial charge on any atom is 0.252 e. The zero-order chi connectivity index (χ0) is 31.0. The molecule has 3 aromatic carbocycles. The average molecular weight is 644 g/mol. The molecular weight excluding hydrogens is 608 g/mol. The highest BCUT2D eigenvalue weighted by molar-refractivity contribution is 6.42. The van der Waals surface area contributed by atoms with Gasteiger partial charge < -0.3 is 15.5 Å². The number of carbonyl (C=O) groups is 1. The molecule has 44 heavy (non-hydrogen) atoms. The van der Waals surface area contributed by atoms with Crippen molar-refractivity contribution in [1.29, 1.82) is 0 Å². The highest BCUT2D eigenvalue weighted by atomic mass is 35.5. The Morgan fingerprint density at radius 2 is 1.68 bits per heavy atom. The normalized spacial score (nSPS) is 19.9. The van der Waals surface area contributed by atoms with Gasteiger partial charge in [-0.15, -0.1) is 0 Å². The van der Waals surface area contributed by atoms with Crippen molar-refractivity contribution in [2.24, 2.45) is 0 Å². The van der Waals surface area contributed by atoms with E-state index in [0.717, 1.165) is 59.4 Å². The third kappa shape index (κ3) is 6.56. The first-order valence-corrected chi connectivity index (χ1v) is 15.9. The van der Waals surface area contributed by atoms with E-state index < -0.39 is 17.5 Å². The number of carbonyl (C=O) groups excluding carboxylic acids is 1. The predicted molar refractivity (Wildman–Crippen MR) is 168 cm³/mol. The van der Waals surface area contributed by atoms with Crippen molar-refractivity contribution in [3.63, 3.8) is 0 Å². The molecule has 1 amide bonds. The third-order valence-corrected chi connectivity index (χ3v) is 9.69. The van der Waals surface area contributed by atoms with E-state index in [1.807, 2.05) is 53.1 Å². The van der Waals surface area contributed by atoms with E-state index in [1.54, 1.807) is 6.07 Å². The maximum absolute atomic E-state index is 14.4. The van der Waals surface area contributed by atoms with E-state index in [4.69, 9.17) is 23.2 Å². The molecule has 10 heteroatoms. The molecule has 1 saturated heterocycles. The lowest BCUT2D eigenvalue weighted by atomic mass is 9.83. The highest BCUT2D eigenvalue weighted by Crippen LogP contribution is 2.37. The van der Waals surface area contributed by atoms with Crippen LogP contribution < -0.4 is 10.6 Å². The van der Waals surface area contributed by atoms with Gasteiger partial charge in [-0.25, -0.2) is 13.2 Å². The molecule has 0 spiro atoms. The summed E-state index contributed by atoms with van der Waals surface area (Å²) in [6, 6.07) is 15.6. The predicted octanol–water partition coefficient (Wildman–Crippen LogP) is 6.71. The maximum atomic E-state index is 14.4. The van der Waals surface area contributed by atoms with Crippen molar-refractivity contribution in [3.8, 4) is 0 Å². The fourth-order valence-corrected chi connectivity index (χ4v) is 6.67. The van der Waals surface area contributed by atoms with Crippen LogP contribution in [-0.4, -0.2) is 53.5 Å². The number of nitrogens with one attached hydrogen (secondary N) is 2. The molecule has 0 radical (unpaired) electrons. The molecule has 2 fully saturated rings. The molecule has 1 aliphatic carbocycles. The molecule has 6 rings (SSSR count). The lowest BCUT2D eigenvalue weighted by molar-refractivity contribution is -0.128. The molecule has 0 unspecified atom stereocenters. The summed E-state index contributed by atoms with van der Waals surface area (Å²) < 4.78 is 42.4. The standard InChI is InChI=1S/C34H35Cl2F3N4O/c1-2-42(19-26-28(37)12-13-29(38)33(26)39)17-20-6-8-21(9-7-20)25-14-23-15-40-16-30(41-23)31(25)34(44)43(24-10-11-24)18-22-4-3-5-27(35)32(22)36/h3-9,12-13,23-24,30,40-41H,2,10-11,14-19H2,1H3/t23-,30+/m0/s1. The topological polar surface area (TPSA) is 47.6 Å². The van der Waals surface area contributed by atoms with Crippen LogP contribution in [0.15, 0.2) is 60.2 Å². The van der Waals surface area contributed by atoms with Crippen molar-refractivity contribution >= 4 is 34.7 Å². The van der Waals surface area contributed by atoms with Gasteiger partial charge in [-0.2, -0.15) is 0 Å². The minimum absolute atomic E-state index is 0.0126. The Morgan fingerprint density at radius 3 is 2.41 bits per heavy atom. The Bertz CT molecular complexity index is 1580. The molecule has 0 aromatic heterocycles. The van der Waals surface area contributed by atoms with Crippen molar-refractivity contribution in [2.45, 2.75) is 63.9 Å². The Kier molecular flexibility index (Phi) is 9.36. The monoisotopic (exact) mass is 642 g/mol. The minimum Gasteiger partial charge on any atom is -0.331 e. The van der Waals surface area contributed by atoms with Crippen molar-refractivity contribution in [1.82, 2.24) is 20.4 Å². The van der Waals surface area contributed by atoms with E-state index >= 15 is 0 Å². The molecule has 5 nitrogen and oxygen atoms in total. The fraction of sp³-hybridized carbons (Fsp3) is 0.382. The summed E-state index contributed by atoms with van der Waals surface area (Å²) >= 11 is 12.8. The van der Waals surface area contributed by atoms with Crippen LogP contribution >= 0.6 is 23.2 Å². The van der Waals surface area contributed by atoms with Crippen molar-refractivity contribution in [2.75, 3.05) is 19.6 Å². The van der Waals surface area contributed by atoms with Gasteiger partial charge >= 0.3 is 0 Å². The largest absolute Gasteiger partial charge is 0.331 e. The van der Waals surface area contributed by atoms with E-state index in [0.29, 0.717) is 42.6 Å². The molecule has 2 N–H and O–H groups in total. The second-order valence-electron chi connectivity index (χ2n) is 11.9. The summed E-state index contributed by atoms with van der Waals surface area (Å²) in [4.78, 5) is 18.2. The van der Waals surface area contributed by atoms with Gasteiger partial charge in [-0.05, 0) is 66.3 Å². The number of amides is 1. The number of hydrogen-bond donors (Lipinski definition) is 2. The van der Waals surface area contributed by atoms with Gasteiger partial charge in [0.25, 0.3) is 5.91 Å². The number of halogens is 5. The summed E-state index contributed by atoms with van der Waals surface area (Å²) in [6.07, 6.45) is 2.62. The lowest BCUT2D eigenvalue weighted by Gasteiger charge is -2.41. The number of rotatable bonds is 10. The van der Waals surface area contributed by atoms with Gasteiger partial charge in [0, 0.05) is 55.9 Å². The Hall–Kier alpha value is -2.88. The lowest BCUT2D eigenvalue weighted by Crippen LogP contribution is -2.60. The van der Waals surface area contributed by atoms with Crippen LogP contribution in [-0.2, 0) is 24.4 Å². The number of hydrogen-bond acceptors (Lipinski definition) is 4. The second-order valence-corrected chi connectivity index (χ2v) is 12.7. The van der Waals surface area contributed by atoms with Gasteiger partial charge in [-0.1, -0.05) is 66.5 Å². The Balaban J connectivity index is 1.27. The van der Waals surface area contributed by atoms with Crippen molar-refractivity contribution < 1.29 is 18.0 Å². The zero-order valence-electron chi connectivity index (χ0n) is 24.5. The van der Waals surface area contributed by atoms with Gasteiger partial charge in [-0.3, -0.25) is 9.69 Å². The number of nitrogens with zero attached hydrogens (tertiary/aromatic N) is 2. The van der Waals surface area contributed by atoms with E-state index in [2.05, 4.69) is 10.6 Å². The zero-order valence-corrected chi connectivity index (χ0v) is 26.0. The van der Waals surface area contributed by atoms with E-state index in [1.165, 1.54) is 0 Å². The van der Waals surface area contributed by atoms with Crippen LogP contribution in [0.5, 0.6) is 0 Å². The third-order valence-electron chi connectivity index (χ3n) is 8.83. The van der Waals surface area contributed by atoms with Gasteiger partial charge in [0.05, 0.1) is 16.1 Å². The summed E-state index contributed by atoms with van der Waals surface area (Å²) in [5.74, 6) is -2.95. The Morgan fingerprint density at radius 1 is 0.932 bits per heavy atom. The number of benzene rings is 3. The summed E-state index contributed by atoms with van der Waals surface area (Å²) in [7, 11) is 0. The first-order valence-electron chi connectivity index (χ1n) is 15.1. The van der Waals surface area contributed by atoms with Gasteiger partial charge in [0.1, 0.15) is 5.82 Å². The molecule has 3 aromatic rings. The first kappa shape index (κ1) is 31.1. The van der Waals surface area contributed by atoms with E-state index in [-0.39, 0.29) is 36.1 Å². The van der Waals surface area contributed by atoms with E-state index in [9.17, 15) is 18.0 Å². The molecule has 2 atom stereocenters. The Labute approximate surface area is 266 Å². The van der Waals surface area contributed by atoms with Crippen LogP contribution in [0.2, 0.25) is 10.0 Å². The van der Waals surface area contributed by atoms with Crippen LogP contribution in [0.4, 0.5) is 13.2 Å².